The maximum Gasteiger partial charge on any atom is 0.0726 e. The Morgan fingerprint density at radius 3 is 1.16 bits per heavy atom. The number of rotatable bonds is 8. The molecular formula is C74H49N. The van der Waals surface area contributed by atoms with E-state index in [4.69, 9.17) is 0 Å². The van der Waals surface area contributed by atoms with Crippen molar-refractivity contribution in [2.24, 2.45) is 0 Å². The van der Waals surface area contributed by atoms with Crippen LogP contribution in [0.5, 0.6) is 0 Å². The smallest absolute Gasteiger partial charge is 0.0726 e. The molecule has 1 heteroatoms. The Bertz CT molecular complexity index is 4080. The first-order valence-electron chi connectivity index (χ1n) is 26.2. The summed E-state index contributed by atoms with van der Waals surface area (Å²) in [5, 5.41) is 0. The van der Waals surface area contributed by atoms with Crippen LogP contribution >= 0.6 is 0 Å². The van der Waals surface area contributed by atoms with Gasteiger partial charge in [0.05, 0.1) is 22.2 Å². The molecule has 12 aromatic rings. The van der Waals surface area contributed by atoms with Crippen LogP contribution in [0.25, 0.3) is 66.8 Å². The van der Waals surface area contributed by atoms with Crippen molar-refractivity contribution in [3.63, 3.8) is 0 Å². The highest BCUT2D eigenvalue weighted by atomic mass is 15.1. The Hall–Kier alpha value is -9.56. The van der Waals surface area contributed by atoms with Crippen LogP contribution in [0.4, 0.5) is 17.1 Å². The molecule has 0 saturated heterocycles. The van der Waals surface area contributed by atoms with Gasteiger partial charge in [0.2, 0.25) is 0 Å². The van der Waals surface area contributed by atoms with Gasteiger partial charge in [0, 0.05) is 16.8 Å². The van der Waals surface area contributed by atoms with Crippen molar-refractivity contribution >= 4 is 17.1 Å². The van der Waals surface area contributed by atoms with E-state index in [-0.39, 0.29) is 0 Å². The maximum absolute atomic E-state index is 2.61. The number of nitrogens with zero attached hydrogens (tertiary/aromatic N) is 1. The predicted octanol–water partition coefficient (Wildman–Crippen LogP) is 18.9. The van der Waals surface area contributed by atoms with E-state index in [1.165, 1.54) is 94.6 Å². The monoisotopic (exact) mass is 951 g/mol. The van der Waals surface area contributed by atoms with Crippen molar-refractivity contribution in [3.05, 3.63) is 342 Å². The zero-order valence-corrected chi connectivity index (χ0v) is 41.2. The number of hydrogen-bond acceptors (Lipinski definition) is 1. The van der Waals surface area contributed by atoms with Gasteiger partial charge in [0.1, 0.15) is 0 Å². The number of para-hydroxylation sites is 1. The van der Waals surface area contributed by atoms with Gasteiger partial charge >= 0.3 is 0 Å². The SMILES string of the molecule is c1ccc(-c2ccc(N(c3ccc4c(c3)C3(c5ccccc5-c5ccccc53)c3cc(C5(c6ccccc6)c6ccccc6-c6ccccc65)ccc3-4)c3ccccc3-c3ccccc3)c(-c3ccccc3)c2)cc1. The van der Waals surface area contributed by atoms with Gasteiger partial charge in [-0.15, -0.1) is 0 Å². The van der Waals surface area contributed by atoms with E-state index >= 15 is 0 Å². The van der Waals surface area contributed by atoms with E-state index in [0.29, 0.717) is 0 Å². The summed E-state index contributed by atoms with van der Waals surface area (Å²) in [6.07, 6.45) is 0. The molecular weight excluding hydrogens is 903 g/mol. The zero-order valence-electron chi connectivity index (χ0n) is 41.2. The first-order chi connectivity index (χ1) is 37.2. The van der Waals surface area contributed by atoms with Crippen LogP contribution in [0, 0.1) is 0 Å². The molecule has 0 aliphatic heterocycles. The van der Waals surface area contributed by atoms with Crippen LogP contribution in [0.3, 0.4) is 0 Å². The molecule has 0 aromatic heterocycles. The Morgan fingerprint density at radius 2 is 0.600 bits per heavy atom. The molecule has 12 aromatic carbocycles. The lowest BCUT2D eigenvalue weighted by molar-refractivity contribution is 0.751. The molecule has 0 fully saturated rings. The minimum Gasteiger partial charge on any atom is -0.309 e. The number of fused-ring (bicyclic) bond motifs is 13. The Kier molecular flexibility index (Phi) is 9.77. The van der Waals surface area contributed by atoms with Crippen LogP contribution in [-0.2, 0) is 10.8 Å². The average molecular weight is 952 g/mol. The number of anilines is 3. The van der Waals surface area contributed by atoms with Crippen LogP contribution in [-0.4, -0.2) is 0 Å². The molecule has 0 atom stereocenters. The Balaban J connectivity index is 1.03. The topological polar surface area (TPSA) is 3.24 Å². The van der Waals surface area contributed by atoms with Crippen molar-refractivity contribution in [2.45, 2.75) is 10.8 Å². The lowest BCUT2D eigenvalue weighted by Crippen LogP contribution is -2.30. The van der Waals surface area contributed by atoms with Gasteiger partial charge in [-0.2, -0.15) is 0 Å². The Morgan fingerprint density at radius 1 is 0.200 bits per heavy atom. The van der Waals surface area contributed by atoms with E-state index in [2.05, 4.69) is 302 Å². The summed E-state index contributed by atoms with van der Waals surface area (Å²) in [4.78, 5) is 2.53. The number of hydrogen-bond donors (Lipinski definition) is 0. The average Bonchev–Trinajstić information content (AvgIpc) is 4.20. The van der Waals surface area contributed by atoms with E-state index in [1.54, 1.807) is 0 Å². The predicted molar refractivity (Wildman–Crippen MR) is 311 cm³/mol. The molecule has 15 rings (SSSR count). The summed E-state index contributed by atoms with van der Waals surface area (Å²) in [7, 11) is 0. The highest BCUT2D eigenvalue weighted by Gasteiger charge is 2.54. The quantitative estimate of drug-likeness (QED) is 0.147. The Labute approximate surface area is 439 Å². The van der Waals surface area contributed by atoms with Gasteiger partial charge in [0.15, 0.2) is 0 Å². The third-order valence-corrected chi connectivity index (χ3v) is 16.6. The molecule has 0 heterocycles. The molecule has 0 unspecified atom stereocenters. The van der Waals surface area contributed by atoms with E-state index in [0.717, 1.165) is 33.8 Å². The standard InChI is InChI=1S/C74H49N/c1-5-23-50(24-6-1)53-41-46-72(64(47-53)52-27-9-3-10-28-52)75(71-40-22-17-31-57(71)51-25-7-2-8-26-51)56-43-45-63-62-44-42-55(48-69(62)74(70(63)49-56)67-38-20-15-34-60(67)61-35-16-21-39-68(61)74)73(54-29-11-4-12-30-54)65-36-18-13-32-58(65)59-33-14-19-37-66(59)73/h1-49H. The minimum absolute atomic E-state index is 0.556. The maximum atomic E-state index is 2.61. The lowest BCUT2D eigenvalue weighted by Gasteiger charge is -2.36. The third kappa shape index (κ3) is 6.25. The van der Waals surface area contributed by atoms with Crippen LogP contribution < -0.4 is 4.90 Å². The molecule has 3 aliphatic rings. The van der Waals surface area contributed by atoms with Gasteiger partial charge in [-0.25, -0.2) is 0 Å². The fourth-order valence-electron chi connectivity index (χ4n) is 13.5. The summed E-state index contributed by atoms with van der Waals surface area (Å²) in [6, 6.07) is 111. The highest BCUT2D eigenvalue weighted by Crippen LogP contribution is 2.65. The van der Waals surface area contributed by atoms with Crippen molar-refractivity contribution in [1.29, 1.82) is 0 Å². The van der Waals surface area contributed by atoms with Gasteiger partial charge in [-0.05, 0) is 130 Å². The molecule has 3 aliphatic carbocycles. The van der Waals surface area contributed by atoms with Gasteiger partial charge in [-0.3, -0.25) is 0 Å². The van der Waals surface area contributed by atoms with Crippen LogP contribution in [0.15, 0.2) is 297 Å². The largest absolute Gasteiger partial charge is 0.309 e. The van der Waals surface area contributed by atoms with Gasteiger partial charge in [0.25, 0.3) is 0 Å². The van der Waals surface area contributed by atoms with E-state index in [1.807, 2.05) is 0 Å². The molecule has 0 amide bonds. The molecule has 0 radical (unpaired) electrons. The van der Waals surface area contributed by atoms with Gasteiger partial charge in [-0.1, -0.05) is 267 Å². The first kappa shape index (κ1) is 43.1. The third-order valence-electron chi connectivity index (χ3n) is 16.6. The van der Waals surface area contributed by atoms with E-state index in [9.17, 15) is 0 Å². The minimum atomic E-state index is -0.635. The molecule has 0 saturated carbocycles. The summed E-state index contributed by atoms with van der Waals surface area (Å²) in [6.45, 7) is 0. The summed E-state index contributed by atoms with van der Waals surface area (Å²) < 4.78 is 0. The van der Waals surface area contributed by atoms with Crippen molar-refractivity contribution in [1.82, 2.24) is 0 Å². The second kappa shape index (κ2) is 17.0. The molecule has 1 spiro atoms. The second-order valence-corrected chi connectivity index (χ2v) is 20.2. The number of benzene rings is 12. The zero-order chi connectivity index (χ0) is 49.5. The molecule has 1 nitrogen and oxygen atoms in total. The van der Waals surface area contributed by atoms with Crippen molar-refractivity contribution < 1.29 is 0 Å². The molecule has 75 heavy (non-hydrogen) atoms. The van der Waals surface area contributed by atoms with Crippen molar-refractivity contribution in [2.75, 3.05) is 4.90 Å². The normalized spacial score (nSPS) is 13.5. The second-order valence-electron chi connectivity index (χ2n) is 20.2. The molecule has 0 bridgehead atoms. The van der Waals surface area contributed by atoms with Crippen molar-refractivity contribution in [3.8, 4) is 66.8 Å². The molecule has 350 valence electrons. The molecule has 0 N–H and O–H groups in total. The summed E-state index contributed by atoms with van der Waals surface area (Å²) in [5.41, 5.74) is 27.2. The first-order valence-corrected chi connectivity index (χ1v) is 26.2. The fourth-order valence-corrected chi connectivity index (χ4v) is 13.5. The fraction of sp³-hybridized carbons (Fsp3) is 0.0270. The van der Waals surface area contributed by atoms with Crippen LogP contribution in [0.2, 0.25) is 0 Å². The van der Waals surface area contributed by atoms with Crippen LogP contribution in [0.1, 0.15) is 44.5 Å². The highest BCUT2D eigenvalue weighted by molar-refractivity contribution is 6.00. The summed E-state index contributed by atoms with van der Waals surface area (Å²) >= 11 is 0. The van der Waals surface area contributed by atoms with Gasteiger partial charge < -0.3 is 4.90 Å². The van der Waals surface area contributed by atoms with E-state index < -0.39 is 10.8 Å². The summed E-state index contributed by atoms with van der Waals surface area (Å²) in [5.74, 6) is 0. The lowest BCUT2D eigenvalue weighted by atomic mass is 9.65.